The number of hydrogen-bond donors (Lipinski definition) is 0. The highest BCUT2D eigenvalue weighted by Crippen LogP contribution is 2.34. The van der Waals surface area contributed by atoms with Crippen LogP contribution in [0.3, 0.4) is 0 Å². The van der Waals surface area contributed by atoms with Crippen LogP contribution in [0.2, 0.25) is 0 Å². The molecule has 0 unspecified atom stereocenters. The third kappa shape index (κ3) is 3.34. The molecule has 4 rings (SSSR count). The van der Waals surface area contributed by atoms with Gasteiger partial charge in [0.1, 0.15) is 0 Å². The molecule has 2 aliphatic rings. The summed E-state index contributed by atoms with van der Waals surface area (Å²) in [5.74, 6) is -0.0514. The number of benzene rings is 1. The summed E-state index contributed by atoms with van der Waals surface area (Å²) in [5, 5.41) is 0. The number of likely N-dealkylation sites (tertiary alicyclic amines) is 2. The van der Waals surface area contributed by atoms with E-state index in [4.69, 9.17) is 0 Å². The lowest BCUT2D eigenvalue weighted by Gasteiger charge is -2.27. The summed E-state index contributed by atoms with van der Waals surface area (Å²) in [6.07, 6.45) is 5.82. The summed E-state index contributed by atoms with van der Waals surface area (Å²) in [4.78, 5) is 33.4. The molecular weight excluding hydrogens is 326 g/mol. The Labute approximate surface area is 153 Å². The van der Waals surface area contributed by atoms with E-state index in [1.54, 1.807) is 17.3 Å². The molecule has 2 saturated heterocycles. The van der Waals surface area contributed by atoms with Crippen LogP contribution in [0.5, 0.6) is 0 Å². The number of aromatic nitrogens is 1. The van der Waals surface area contributed by atoms with Crippen molar-refractivity contribution in [3.63, 3.8) is 0 Å². The van der Waals surface area contributed by atoms with Gasteiger partial charge in [-0.25, -0.2) is 0 Å². The van der Waals surface area contributed by atoms with Crippen molar-refractivity contribution in [2.75, 3.05) is 13.1 Å². The number of carbonyl (C=O) groups excluding carboxylic acids is 2. The Hall–Kier alpha value is -2.69. The lowest BCUT2D eigenvalue weighted by Crippen LogP contribution is -2.37. The second-order valence-electron chi connectivity index (χ2n) is 7.14. The fourth-order valence-corrected chi connectivity index (χ4v) is 4.09. The van der Waals surface area contributed by atoms with Crippen LogP contribution >= 0.6 is 0 Å². The van der Waals surface area contributed by atoms with Gasteiger partial charge in [-0.2, -0.15) is 0 Å². The minimum Gasteiger partial charge on any atom is -0.337 e. The summed E-state index contributed by atoms with van der Waals surface area (Å²) in [6, 6.07) is 14.2. The van der Waals surface area contributed by atoms with Crippen LogP contribution in [-0.4, -0.2) is 39.7 Å². The van der Waals surface area contributed by atoms with Crippen LogP contribution in [0.25, 0.3) is 0 Å². The van der Waals surface area contributed by atoms with Gasteiger partial charge in [0.05, 0.1) is 12.0 Å². The van der Waals surface area contributed by atoms with E-state index in [-0.39, 0.29) is 23.8 Å². The van der Waals surface area contributed by atoms with E-state index in [1.165, 1.54) is 5.56 Å². The molecule has 2 amide bonds. The maximum absolute atomic E-state index is 13.1. The van der Waals surface area contributed by atoms with Crippen LogP contribution in [0.15, 0.2) is 54.9 Å². The lowest BCUT2D eigenvalue weighted by molar-refractivity contribution is -0.136. The normalized spacial score (nSPS) is 22.8. The molecule has 0 radical (unpaired) electrons. The van der Waals surface area contributed by atoms with Crippen LogP contribution in [-0.2, 0) is 16.1 Å². The summed E-state index contributed by atoms with van der Waals surface area (Å²) in [7, 11) is 0. The molecule has 1 aromatic carbocycles. The van der Waals surface area contributed by atoms with Gasteiger partial charge in [-0.05, 0) is 30.0 Å². The number of pyridine rings is 1. The molecule has 2 atom stereocenters. The minimum atomic E-state index is -0.233. The zero-order valence-corrected chi connectivity index (χ0v) is 14.8. The Morgan fingerprint density at radius 3 is 2.77 bits per heavy atom. The number of hydrogen-bond acceptors (Lipinski definition) is 3. The maximum Gasteiger partial charge on any atom is 0.228 e. The number of amides is 2. The van der Waals surface area contributed by atoms with Crippen molar-refractivity contribution in [1.29, 1.82) is 0 Å². The van der Waals surface area contributed by atoms with Crippen molar-refractivity contribution < 1.29 is 9.59 Å². The summed E-state index contributed by atoms with van der Waals surface area (Å²) in [5.41, 5.74) is 2.19. The van der Waals surface area contributed by atoms with E-state index >= 15 is 0 Å². The summed E-state index contributed by atoms with van der Waals surface area (Å²) < 4.78 is 0. The van der Waals surface area contributed by atoms with Crippen molar-refractivity contribution in [2.24, 2.45) is 5.92 Å². The first kappa shape index (κ1) is 16.8. The molecule has 3 heterocycles. The Bertz CT molecular complexity index is 778. The molecule has 2 fully saturated rings. The third-order valence-corrected chi connectivity index (χ3v) is 5.38. The van der Waals surface area contributed by atoms with E-state index in [9.17, 15) is 9.59 Å². The predicted octanol–water partition coefficient (Wildman–Crippen LogP) is 2.79. The topological polar surface area (TPSA) is 53.5 Å². The standard InChI is InChI=1S/C21H23N3O2/c25-20-12-18(15-23(20)14-16-6-4-10-22-13-16)21(26)24-11-5-9-19(24)17-7-2-1-3-8-17/h1-4,6-8,10,13,18-19H,5,9,11-12,14-15H2/t18-,19+/m0/s1. The van der Waals surface area contributed by atoms with Crippen molar-refractivity contribution in [2.45, 2.75) is 31.8 Å². The average molecular weight is 349 g/mol. The van der Waals surface area contributed by atoms with Crippen LogP contribution in [0.4, 0.5) is 0 Å². The highest BCUT2D eigenvalue weighted by atomic mass is 16.2. The number of rotatable bonds is 4. The molecule has 5 nitrogen and oxygen atoms in total. The Morgan fingerprint density at radius 1 is 1.15 bits per heavy atom. The molecule has 0 bridgehead atoms. The van der Waals surface area contributed by atoms with E-state index < -0.39 is 0 Å². The van der Waals surface area contributed by atoms with Crippen molar-refractivity contribution in [3.05, 3.63) is 66.0 Å². The first-order chi connectivity index (χ1) is 12.7. The lowest BCUT2D eigenvalue weighted by atomic mass is 10.0. The first-order valence-electron chi connectivity index (χ1n) is 9.24. The van der Waals surface area contributed by atoms with Gasteiger partial charge >= 0.3 is 0 Å². The number of carbonyl (C=O) groups is 2. The molecule has 5 heteroatoms. The summed E-state index contributed by atoms with van der Waals surface area (Å²) >= 11 is 0. The second kappa shape index (κ2) is 7.28. The van der Waals surface area contributed by atoms with E-state index in [2.05, 4.69) is 17.1 Å². The number of nitrogens with zero attached hydrogens (tertiary/aromatic N) is 3. The van der Waals surface area contributed by atoms with Gasteiger partial charge in [-0.3, -0.25) is 14.6 Å². The third-order valence-electron chi connectivity index (χ3n) is 5.38. The Morgan fingerprint density at radius 2 is 2.00 bits per heavy atom. The molecular formula is C21H23N3O2. The second-order valence-corrected chi connectivity index (χ2v) is 7.14. The SMILES string of the molecule is O=C1C[C@H](C(=O)N2CCC[C@@H]2c2ccccc2)CN1Cc1cccnc1. The Balaban J connectivity index is 1.44. The smallest absolute Gasteiger partial charge is 0.228 e. The molecule has 0 saturated carbocycles. The largest absolute Gasteiger partial charge is 0.337 e. The first-order valence-corrected chi connectivity index (χ1v) is 9.24. The molecule has 1 aromatic heterocycles. The maximum atomic E-state index is 13.1. The van der Waals surface area contributed by atoms with Crippen LogP contribution < -0.4 is 0 Å². The highest BCUT2D eigenvalue weighted by molar-refractivity contribution is 5.89. The van der Waals surface area contributed by atoms with Crippen molar-refractivity contribution in [1.82, 2.24) is 14.8 Å². The molecule has 134 valence electrons. The molecule has 2 aromatic rings. The zero-order chi connectivity index (χ0) is 17.9. The van der Waals surface area contributed by atoms with Gasteiger partial charge in [0.15, 0.2) is 0 Å². The average Bonchev–Trinajstić information content (AvgIpc) is 3.30. The fourth-order valence-electron chi connectivity index (χ4n) is 4.09. The molecule has 26 heavy (non-hydrogen) atoms. The minimum absolute atomic E-state index is 0.0580. The van der Waals surface area contributed by atoms with Gasteiger partial charge in [0.2, 0.25) is 11.8 Å². The van der Waals surface area contributed by atoms with Gasteiger partial charge in [0, 0.05) is 38.4 Å². The zero-order valence-electron chi connectivity index (χ0n) is 14.8. The molecule has 0 N–H and O–H groups in total. The highest BCUT2D eigenvalue weighted by Gasteiger charge is 2.40. The predicted molar refractivity (Wildman–Crippen MR) is 97.9 cm³/mol. The van der Waals surface area contributed by atoms with Gasteiger partial charge in [0.25, 0.3) is 0 Å². The van der Waals surface area contributed by atoms with E-state index in [0.29, 0.717) is 19.5 Å². The van der Waals surface area contributed by atoms with E-state index in [0.717, 1.165) is 24.9 Å². The Kier molecular flexibility index (Phi) is 4.69. The fraction of sp³-hybridized carbons (Fsp3) is 0.381. The quantitative estimate of drug-likeness (QED) is 0.853. The van der Waals surface area contributed by atoms with Crippen LogP contribution in [0, 0.1) is 5.92 Å². The van der Waals surface area contributed by atoms with Gasteiger partial charge in [-0.1, -0.05) is 36.4 Å². The summed E-state index contributed by atoms with van der Waals surface area (Å²) in [6.45, 7) is 1.81. The monoisotopic (exact) mass is 349 g/mol. The molecule has 0 spiro atoms. The molecule has 2 aliphatic heterocycles. The van der Waals surface area contributed by atoms with Gasteiger partial charge < -0.3 is 9.80 Å². The van der Waals surface area contributed by atoms with E-state index in [1.807, 2.05) is 35.2 Å². The van der Waals surface area contributed by atoms with Crippen LogP contribution in [0.1, 0.15) is 36.4 Å². The van der Waals surface area contributed by atoms with Crippen molar-refractivity contribution >= 4 is 11.8 Å². The molecule has 0 aliphatic carbocycles. The van der Waals surface area contributed by atoms with Gasteiger partial charge in [-0.15, -0.1) is 0 Å². The van der Waals surface area contributed by atoms with Crippen molar-refractivity contribution in [3.8, 4) is 0 Å².